The summed E-state index contributed by atoms with van der Waals surface area (Å²) >= 11 is 6.02. The number of ether oxygens (including phenoxy) is 1. The Kier molecular flexibility index (Phi) is 5.94. The molecule has 1 unspecified atom stereocenters. The number of rotatable bonds is 5. The molecule has 36 heavy (non-hydrogen) atoms. The van der Waals surface area contributed by atoms with Crippen LogP contribution in [0.4, 0.5) is 4.39 Å². The number of nitrogens with zero attached hydrogens (tertiary/aromatic N) is 3. The highest BCUT2D eigenvalue weighted by Crippen LogP contribution is 2.43. The molecule has 0 amide bonds. The summed E-state index contributed by atoms with van der Waals surface area (Å²) in [6.07, 6.45) is -1.97. The third-order valence-corrected chi connectivity index (χ3v) is 7.75. The molecule has 0 N–H and O–H groups in total. The van der Waals surface area contributed by atoms with Crippen LogP contribution in [0, 0.1) is 5.82 Å². The molecule has 2 atom stereocenters. The smallest absolute Gasteiger partial charge is 0.331 e. The first-order valence-corrected chi connectivity index (χ1v) is 12.7. The number of furan rings is 1. The maximum Gasteiger partial charge on any atom is 0.331 e. The summed E-state index contributed by atoms with van der Waals surface area (Å²) in [5.74, 6) is -0.793. The van der Waals surface area contributed by atoms with Crippen molar-refractivity contribution in [1.82, 2.24) is 13.7 Å². The Balaban J connectivity index is 1.91. The highest BCUT2D eigenvalue weighted by atomic mass is 35.5. The summed E-state index contributed by atoms with van der Waals surface area (Å²) in [7, 11) is -0.0321. The molecule has 4 heterocycles. The van der Waals surface area contributed by atoms with Gasteiger partial charge in [0.2, 0.25) is 0 Å². The predicted octanol–water partition coefficient (Wildman–Crippen LogP) is 2.56. The Labute approximate surface area is 209 Å². The van der Waals surface area contributed by atoms with Crippen LogP contribution < -0.4 is 11.2 Å². The van der Waals surface area contributed by atoms with Gasteiger partial charge in [0.15, 0.2) is 11.3 Å². The lowest BCUT2D eigenvalue weighted by atomic mass is 10.1. The fraction of sp³-hybridized carbons (Fsp3) is 0.304. The van der Waals surface area contributed by atoms with Gasteiger partial charge in [-0.1, -0.05) is 12.1 Å². The van der Waals surface area contributed by atoms with Crippen molar-refractivity contribution in [3.05, 3.63) is 79.7 Å². The molecular formula is C23H21ClFN3O7S. The van der Waals surface area contributed by atoms with E-state index in [1.165, 1.54) is 42.9 Å². The van der Waals surface area contributed by atoms with E-state index in [0.717, 1.165) is 11.7 Å². The minimum absolute atomic E-state index is 0.0270. The van der Waals surface area contributed by atoms with Gasteiger partial charge in [-0.15, -0.1) is 0 Å². The van der Waals surface area contributed by atoms with Crippen LogP contribution in [-0.4, -0.2) is 41.1 Å². The van der Waals surface area contributed by atoms with E-state index in [9.17, 15) is 22.4 Å². The Morgan fingerprint density at radius 1 is 1.17 bits per heavy atom. The van der Waals surface area contributed by atoms with Crippen molar-refractivity contribution in [3.8, 4) is 11.3 Å². The molecular weight excluding hydrogens is 517 g/mol. The Bertz CT molecular complexity index is 1730. The highest BCUT2D eigenvalue weighted by Gasteiger charge is 2.39. The van der Waals surface area contributed by atoms with Crippen molar-refractivity contribution in [1.29, 1.82) is 0 Å². The molecule has 13 heteroatoms. The second kappa shape index (κ2) is 8.73. The maximum absolute atomic E-state index is 14.3. The number of aromatic nitrogens is 3. The largest absolute Gasteiger partial charge is 0.446 e. The molecule has 190 valence electrons. The second-order valence-electron chi connectivity index (χ2n) is 8.46. The third-order valence-electron chi connectivity index (χ3n) is 6.26. The van der Waals surface area contributed by atoms with Gasteiger partial charge in [0.1, 0.15) is 17.3 Å². The predicted molar refractivity (Wildman–Crippen MR) is 129 cm³/mol. The molecule has 0 bridgehead atoms. The fourth-order valence-electron chi connectivity index (χ4n) is 4.69. The van der Waals surface area contributed by atoms with E-state index in [2.05, 4.69) is 4.18 Å². The van der Waals surface area contributed by atoms with Crippen molar-refractivity contribution in [2.75, 3.05) is 12.9 Å². The van der Waals surface area contributed by atoms with Gasteiger partial charge in [-0.2, -0.15) is 8.42 Å². The van der Waals surface area contributed by atoms with E-state index in [1.54, 1.807) is 16.7 Å². The Morgan fingerprint density at radius 2 is 1.92 bits per heavy atom. The average molecular weight is 538 g/mol. The monoisotopic (exact) mass is 537 g/mol. The number of benzene rings is 1. The second-order valence-corrected chi connectivity index (χ2v) is 10.6. The van der Waals surface area contributed by atoms with Gasteiger partial charge in [-0.25, -0.2) is 9.18 Å². The fourth-order valence-corrected chi connectivity index (χ4v) is 5.62. The van der Waals surface area contributed by atoms with Crippen molar-refractivity contribution in [2.24, 2.45) is 14.1 Å². The number of aryl methyl sites for hydroxylation is 1. The van der Waals surface area contributed by atoms with E-state index >= 15 is 0 Å². The molecule has 10 nitrogen and oxygen atoms in total. The lowest BCUT2D eigenvalue weighted by Gasteiger charge is -2.32. The molecule has 5 rings (SSSR count). The zero-order chi connectivity index (χ0) is 25.9. The lowest BCUT2D eigenvalue weighted by Crippen LogP contribution is -2.38. The van der Waals surface area contributed by atoms with E-state index in [0.29, 0.717) is 17.0 Å². The molecule has 1 aliphatic heterocycles. The first-order chi connectivity index (χ1) is 17.0. The van der Waals surface area contributed by atoms with E-state index in [-0.39, 0.29) is 28.4 Å². The minimum atomic E-state index is -3.94. The molecule has 0 fully saturated rings. The van der Waals surface area contributed by atoms with Gasteiger partial charge >= 0.3 is 5.69 Å². The van der Waals surface area contributed by atoms with Crippen molar-refractivity contribution in [3.63, 3.8) is 0 Å². The first kappa shape index (κ1) is 24.5. The van der Waals surface area contributed by atoms with E-state index < -0.39 is 45.1 Å². The van der Waals surface area contributed by atoms with Crippen LogP contribution >= 0.6 is 11.6 Å². The number of halogens is 2. The van der Waals surface area contributed by atoms with Gasteiger partial charge in [-0.3, -0.25) is 18.1 Å². The van der Waals surface area contributed by atoms with Crippen LogP contribution in [0.15, 0.2) is 50.4 Å². The van der Waals surface area contributed by atoms with Crippen molar-refractivity contribution < 1.29 is 26.1 Å². The SMILES string of the molecule is COS(=O)(=O)C[C@H]1Cn2c(-c3cccc(F)c3)c3c(=O)n(C)c(=O)n(C)c3c2C(c2ccc(Cl)o2)O1. The molecule has 3 aromatic heterocycles. The topological polar surface area (TPSA) is 115 Å². The van der Waals surface area contributed by atoms with Gasteiger partial charge in [0, 0.05) is 19.7 Å². The van der Waals surface area contributed by atoms with Crippen LogP contribution in [0.5, 0.6) is 0 Å². The Morgan fingerprint density at radius 3 is 2.56 bits per heavy atom. The highest BCUT2D eigenvalue weighted by molar-refractivity contribution is 7.86. The summed E-state index contributed by atoms with van der Waals surface area (Å²) < 4.78 is 59.2. The summed E-state index contributed by atoms with van der Waals surface area (Å²) in [5, 5.41) is 0.222. The summed E-state index contributed by atoms with van der Waals surface area (Å²) in [5.41, 5.74) is 0.153. The molecule has 1 aromatic carbocycles. The zero-order valence-corrected chi connectivity index (χ0v) is 21.0. The molecule has 1 aliphatic rings. The first-order valence-electron chi connectivity index (χ1n) is 10.8. The number of hydrogen-bond donors (Lipinski definition) is 0. The summed E-state index contributed by atoms with van der Waals surface area (Å²) in [6.45, 7) is -0.0270. The number of fused-ring (bicyclic) bond motifs is 3. The summed E-state index contributed by atoms with van der Waals surface area (Å²) in [6, 6.07) is 8.72. The summed E-state index contributed by atoms with van der Waals surface area (Å²) in [4.78, 5) is 26.3. The average Bonchev–Trinajstić information content (AvgIpc) is 3.42. The minimum Gasteiger partial charge on any atom is -0.446 e. The maximum atomic E-state index is 14.3. The third kappa shape index (κ3) is 3.90. The number of hydrogen-bond acceptors (Lipinski definition) is 7. The molecule has 0 aliphatic carbocycles. The van der Waals surface area contributed by atoms with Crippen LogP contribution in [0.25, 0.3) is 22.2 Å². The quantitative estimate of drug-likeness (QED) is 0.359. The standard InChI is InChI=1S/C23H21ClFN3O7S/c1-26-19-17(22(29)27(2)23(26)30)18(12-5-4-6-13(25)9-12)28-10-14(11-36(31,32)33-3)34-21(20(19)28)15-7-8-16(24)35-15/h4-9,14,21H,10-11H2,1-3H3/t14-,21?/m1/s1. The van der Waals surface area contributed by atoms with E-state index in [4.69, 9.17) is 20.8 Å². The van der Waals surface area contributed by atoms with Gasteiger partial charge < -0.3 is 13.7 Å². The zero-order valence-electron chi connectivity index (χ0n) is 19.4. The van der Waals surface area contributed by atoms with Crippen LogP contribution in [0.3, 0.4) is 0 Å². The normalized spacial score (nSPS) is 18.0. The Hall–Kier alpha value is -3.19. The molecule has 0 saturated carbocycles. The molecule has 0 radical (unpaired) electrons. The van der Waals surface area contributed by atoms with Crippen LogP contribution in [0.1, 0.15) is 17.6 Å². The van der Waals surface area contributed by atoms with Gasteiger partial charge in [0.05, 0.1) is 42.0 Å². The molecule has 0 saturated heterocycles. The molecule has 4 aromatic rings. The van der Waals surface area contributed by atoms with Gasteiger partial charge in [0.25, 0.3) is 15.7 Å². The van der Waals surface area contributed by atoms with Crippen molar-refractivity contribution >= 4 is 32.6 Å². The van der Waals surface area contributed by atoms with Crippen LogP contribution in [0.2, 0.25) is 5.22 Å². The van der Waals surface area contributed by atoms with E-state index in [1.807, 2.05) is 0 Å². The molecule has 0 spiro atoms. The van der Waals surface area contributed by atoms with Crippen LogP contribution in [-0.2, 0) is 39.7 Å². The lowest BCUT2D eigenvalue weighted by molar-refractivity contribution is -0.0228. The van der Waals surface area contributed by atoms with Crippen molar-refractivity contribution in [2.45, 2.75) is 18.8 Å². The van der Waals surface area contributed by atoms with Gasteiger partial charge in [-0.05, 0) is 35.9 Å².